The van der Waals surface area contributed by atoms with Crippen molar-refractivity contribution in [2.24, 2.45) is 17.3 Å². The molecule has 1 amide bonds. The summed E-state index contributed by atoms with van der Waals surface area (Å²) in [5, 5.41) is 16.1. The highest BCUT2D eigenvalue weighted by molar-refractivity contribution is 5.97. The van der Waals surface area contributed by atoms with Crippen LogP contribution in [0.25, 0.3) is 0 Å². The van der Waals surface area contributed by atoms with E-state index in [4.69, 9.17) is 4.52 Å². The molecule has 1 fully saturated rings. The second-order valence-electron chi connectivity index (χ2n) is 8.60. The quantitative estimate of drug-likeness (QED) is 0.753. The number of carbonyl (C=O) groups excluding carboxylic acids is 2. The molecule has 7 nitrogen and oxygen atoms in total. The molecule has 27 heavy (non-hydrogen) atoms. The highest BCUT2D eigenvalue weighted by Gasteiger charge is 2.38. The van der Waals surface area contributed by atoms with Gasteiger partial charge in [0.2, 0.25) is 0 Å². The predicted molar refractivity (Wildman–Crippen MR) is 99.3 cm³/mol. The Bertz CT molecular complexity index is 683. The molecule has 1 aliphatic rings. The molecule has 0 spiro atoms. The topological polar surface area (TPSA) is 110 Å². The maximum atomic E-state index is 13.1. The average Bonchev–Trinajstić information content (AvgIpc) is 3.03. The van der Waals surface area contributed by atoms with Crippen LogP contribution in [0.4, 0.5) is 0 Å². The molecule has 0 aliphatic heterocycles. The van der Waals surface area contributed by atoms with Crippen molar-refractivity contribution in [3.8, 4) is 0 Å². The number of ketones is 1. The van der Waals surface area contributed by atoms with Crippen molar-refractivity contribution in [1.29, 1.82) is 0 Å². The third kappa shape index (κ3) is 5.65. The lowest BCUT2D eigenvalue weighted by Crippen LogP contribution is -2.48. The van der Waals surface area contributed by atoms with Crippen molar-refractivity contribution in [3.63, 3.8) is 0 Å². The zero-order chi connectivity index (χ0) is 20.2. The van der Waals surface area contributed by atoms with Crippen LogP contribution in [0.5, 0.6) is 0 Å². The van der Waals surface area contributed by atoms with Crippen molar-refractivity contribution in [2.45, 2.75) is 72.3 Å². The van der Waals surface area contributed by atoms with E-state index >= 15 is 0 Å². The van der Waals surface area contributed by atoms with Gasteiger partial charge in [0, 0.05) is 12.5 Å². The first kappa shape index (κ1) is 21.1. The van der Waals surface area contributed by atoms with Gasteiger partial charge in [-0.1, -0.05) is 45.2 Å². The van der Waals surface area contributed by atoms with E-state index in [1.54, 1.807) is 6.92 Å². The summed E-state index contributed by atoms with van der Waals surface area (Å²) in [7, 11) is 0. The number of amides is 1. The molecule has 1 saturated carbocycles. The van der Waals surface area contributed by atoms with E-state index < -0.39 is 29.3 Å². The fourth-order valence-electron chi connectivity index (χ4n) is 3.71. The lowest BCUT2D eigenvalue weighted by Gasteiger charge is -2.32. The van der Waals surface area contributed by atoms with Crippen LogP contribution in [0, 0.1) is 24.2 Å². The SMILES string of the molecule is Cc1cc(C(=O)N[C@H](C(=O)C[C@H](C(=O)O)C(C)(C)C)C2CCCCC2)no1. The largest absolute Gasteiger partial charge is 0.481 e. The third-order valence-corrected chi connectivity index (χ3v) is 5.36. The van der Waals surface area contributed by atoms with Crippen LogP contribution in [0.2, 0.25) is 0 Å². The Morgan fingerprint density at radius 1 is 1.26 bits per heavy atom. The second kappa shape index (κ2) is 8.67. The number of carbonyl (C=O) groups is 3. The second-order valence-corrected chi connectivity index (χ2v) is 8.60. The van der Waals surface area contributed by atoms with Crippen LogP contribution in [0.1, 0.15) is 75.5 Å². The summed E-state index contributed by atoms with van der Waals surface area (Å²) in [5.41, 5.74) is -0.419. The van der Waals surface area contributed by atoms with Gasteiger partial charge in [0.25, 0.3) is 5.91 Å². The molecule has 2 N–H and O–H groups in total. The Hall–Kier alpha value is -2.18. The summed E-state index contributed by atoms with van der Waals surface area (Å²) < 4.78 is 4.94. The fraction of sp³-hybridized carbons (Fsp3) is 0.700. The van der Waals surface area contributed by atoms with Gasteiger partial charge in [-0.15, -0.1) is 0 Å². The molecule has 0 saturated heterocycles. The number of hydrogen-bond acceptors (Lipinski definition) is 5. The molecule has 0 aromatic carbocycles. The summed E-state index contributed by atoms with van der Waals surface area (Å²) in [6.07, 6.45) is 4.74. The van der Waals surface area contributed by atoms with E-state index in [-0.39, 0.29) is 23.8 Å². The summed E-state index contributed by atoms with van der Waals surface area (Å²) in [6, 6.07) is 0.825. The highest BCUT2D eigenvalue weighted by atomic mass is 16.5. The number of nitrogens with zero attached hydrogens (tertiary/aromatic N) is 1. The molecule has 1 aromatic rings. The van der Waals surface area contributed by atoms with Crippen molar-refractivity contribution in [3.05, 3.63) is 17.5 Å². The maximum absolute atomic E-state index is 13.1. The Kier molecular flexibility index (Phi) is 6.78. The third-order valence-electron chi connectivity index (χ3n) is 5.36. The molecule has 2 rings (SSSR count). The first-order valence-corrected chi connectivity index (χ1v) is 9.59. The standard InChI is InChI=1S/C20H30N2O5/c1-12-10-15(22-27-12)18(24)21-17(13-8-6-5-7-9-13)16(23)11-14(19(25)26)20(2,3)4/h10,13-14,17H,5-9,11H2,1-4H3,(H,21,24)(H,25,26)/t14-,17+/m1/s1. The van der Waals surface area contributed by atoms with Gasteiger partial charge in [-0.05, 0) is 31.1 Å². The molecule has 150 valence electrons. The molecule has 1 aliphatic carbocycles. The normalized spacial score (nSPS) is 17.9. The Morgan fingerprint density at radius 3 is 2.37 bits per heavy atom. The van der Waals surface area contributed by atoms with Gasteiger partial charge in [0.1, 0.15) is 5.76 Å². The molecule has 1 aromatic heterocycles. The van der Waals surface area contributed by atoms with Gasteiger partial charge >= 0.3 is 5.97 Å². The molecular formula is C20H30N2O5. The Labute approximate surface area is 159 Å². The molecule has 0 bridgehead atoms. The van der Waals surface area contributed by atoms with E-state index in [9.17, 15) is 19.5 Å². The molecule has 2 atom stereocenters. The lowest BCUT2D eigenvalue weighted by molar-refractivity contribution is -0.148. The van der Waals surface area contributed by atoms with Crippen LogP contribution >= 0.6 is 0 Å². The van der Waals surface area contributed by atoms with Crippen molar-refractivity contribution in [2.75, 3.05) is 0 Å². The van der Waals surface area contributed by atoms with Gasteiger partial charge in [-0.25, -0.2) is 0 Å². The molecule has 1 heterocycles. The van der Waals surface area contributed by atoms with Gasteiger partial charge in [0.15, 0.2) is 11.5 Å². The van der Waals surface area contributed by atoms with Gasteiger partial charge in [-0.2, -0.15) is 0 Å². The summed E-state index contributed by atoms with van der Waals surface area (Å²) in [6.45, 7) is 7.12. The number of carboxylic acid groups (broad SMARTS) is 1. The number of Topliss-reactive ketones (excluding diaryl/α,β-unsaturated/α-hetero) is 1. The first-order valence-electron chi connectivity index (χ1n) is 9.59. The van der Waals surface area contributed by atoms with E-state index in [1.165, 1.54) is 6.07 Å². The Morgan fingerprint density at radius 2 is 1.89 bits per heavy atom. The van der Waals surface area contributed by atoms with Crippen LogP contribution < -0.4 is 5.32 Å². The number of aliphatic carboxylic acids is 1. The van der Waals surface area contributed by atoms with Crippen molar-refractivity contribution in [1.82, 2.24) is 10.5 Å². The lowest BCUT2D eigenvalue weighted by atomic mass is 9.75. The molecule has 7 heteroatoms. The van der Waals surface area contributed by atoms with Crippen LogP contribution in [-0.2, 0) is 9.59 Å². The number of carboxylic acids is 1. The number of hydrogen-bond donors (Lipinski definition) is 2. The van der Waals surface area contributed by atoms with Gasteiger partial charge in [0.05, 0.1) is 12.0 Å². The van der Waals surface area contributed by atoms with Crippen LogP contribution in [0.3, 0.4) is 0 Å². The average molecular weight is 378 g/mol. The number of rotatable bonds is 7. The summed E-state index contributed by atoms with van der Waals surface area (Å²) in [4.78, 5) is 37.2. The number of nitrogens with one attached hydrogen (secondary N) is 1. The highest BCUT2D eigenvalue weighted by Crippen LogP contribution is 2.32. The van der Waals surface area contributed by atoms with E-state index in [1.807, 2.05) is 20.8 Å². The predicted octanol–water partition coefficient (Wildman–Crippen LogP) is 3.37. The summed E-state index contributed by atoms with van der Waals surface area (Å²) in [5.74, 6) is -1.94. The maximum Gasteiger partial charge on any atom is 0.307 e. The summed E-state index contributed by atoms with van der Waals surface area (Å²) >= 11 is 0. The number of aryl methyl sites for hydroxylation is 1. The van der Waals surface area contributed by atoms with E-state index in [2.05, 4.69) is 10.5 Å². The minimum atomic E-state index is -0.989. The minimum absolute atomic E-state index is 0.0256. The van der Waals surface area contributed by atoms with Crippen LogP contribution in [0.15, 0.2) is 10.6 Å². The van der Waals surface area contributed by atoms with E-state index in [0.29, 0.717) is 5.76 Å². The van der Waals surface area contributed by atoms with Crippen molar-refractivity contribution >= 4 is 17.7 Å². The zero-order valence-electron chi connectivity index (χ0n) is 16.6. The van der Waals surface area contributed by atoms with Crippen molar-refractivity contribution < 1.29 is 24.0 Å². The molecule has 0 unspecified atom stereocenters. The van der Waals surface area contributed by atoms with Gasteiger partial charge in [-0.3, -0.25) is 14.4 Å². The fourth-order valence-corrected chi connectivity index (χ4v) is 3.71. The first-order chi connectivity index (χ1) is 12.6. The Balaban J connectivity index is 2.19. The monoisotopic (exact) mass is 378 g/mol. The molecular weight excluding hydrogens is 348 g/mol. The zero-order valence-corrected chi connectivity index (χ0v) is 16.6. The van der Waals surface area contributed by atoms with E-state index in [0.717, 1.165) is 32.1 Å². The molecule has 0 radical (unpaired) electrons. The minimum Gasteiger partial charge on any atom is -0.481 e. The number of aromatic nitrogens is 1. The van der Waals surface area contributed by atoms with Crippen LogP contribution in [-0.4, -0.2) is 34.0 Å². The smallest absolute Gasteiger partial charge is 0.307 e. The van der Waals surface area contributed by atoms with Gasteiger partial charge < -0.3 is 14.9 Å².